The Kier molecular flexibility index (Phi) is 51.9. The average Bonchev–Trinajstić information content (AvgIpc) is 3.37. The Labute approximate surface area is 439 Å². The summed E-state index contributed by atoms with van der Waals surface area (Å²) in [5.41, 5.74) is 0. The molecule has 0 aliphatic heterocycles. The molecule has 0 aromatic rings. The van der Waals surface area contributed by atoms with Crippen molar-refractivity contribution in [3.63, 3.8) is 0 Å². The monoisotopic (exact) mass is 1030 g/mol. The molecule has 416 valence electrons. The highest BCUT2D eigenvalue weighted by Gasteiger charge is 2.28. The van der Waals surface area contributed by atoms with Crippen molar-refractivity contribution < 1.29 is 52.2 Å². The number of aliphatic hydroxyl groups is 1. The zero-order chi connectivity index (χ0) is 52.7. The maximum absolute atomic E-state index is 12.9. The second kappa shape index (κ2) is 54.2. The van der Waals surface area contributed by atoms with Gasteiger partial charge in [-0.3, -0.25) is 23.4 Å². The van der Waals surface area contributed by atoms with E-state index in [0.29, 0.717) is 19.3 Å². The maximum atomic E-state index is 12.9. The van der Waals surface area contributed by atoms with Crippen LogP contribution >= 0.6 is 7.82 Å². The fraction of sp³-hybridized carbons (Fsp3) is 0.750. The molecule has 0 spiro atoms. The highest BCUT2D eigenvalue weighted by molar-refractivity contribution is 7.47. The molecule has 0 saturated carbocycles. The molecule has 0 amide bonds. The lowest BCUT2D eigenvalue weighted by atomic mass is 10.1. The Morgan fingerprint density at radius 1 is 0.403 bits per heavy atom. The van der Waals surface area contributed by atoms with Gasteiger partial charge in [-0.25, -0.2) is 4.57 Å². The van der Waals surface area contributed by atoms with Crippen LogP contribution in [0.1, 0.15) is 252 Å². The molecule has 0 bridgehead atoms. The van der Waals surface area contributed by atoms with E-state index in [9.17, 15) is 28.9 Å². The first-order valence-electron chi connectivity index (χ1n) is 28.8. The predicted molar refractivity (Wildman–Crippen MR) is 298 cm³/mol. The maximum Gasteiger partial charge on any atom is 0.472 e. The van der Waals surface area contributed by atoms with Crippen LogP contribution in [0.4, 0.5) is 0 Å². The van der Waals surface area contributed by atoms with Gasteiger partial charge >= 0.3 is 25.7 Å². The molecule has 0 aliphatic rings. The number of hydrogen-bond donors (Lipinski definition) is 2. The average molecular weight is 1030 g/mol. The van der Waals surface area contributed by atoms with Crippen molar-refractivity contribution in [1.82, 2.24) is 0 Å². The van der Waals surface area contributed by atoms with E-state index in [2.05, 4.69) is 93.7 Å². The lowest BCUT2D eigenvalue weighted by Gasteiger charge is -2.21. The van der Waals surface area contributed by atoms with Crippen LogP contribution in [0.25, 0.3) is 0 Å². The van der Waals surface area contributed by atoms with Gasteiger partial charge in [0.15, 0.2) is 6.10 Å². The van der Waals surface area contributed by atoms with Gasteiger partial charge in [-0.05, 0) is 103 Å². The predicted octanol–water partition coefficient (Wildman–Crippen LogP) is 16.9. The van der Waals surface area contributed by atoms with Crippen LogP contribution < -0.4 is 0 Å². The fourth-order valence-corrected chi connectivity index (χ4v) is 8.48. The molecule has 2 N–H and O–H groups in total. The van der Waals surface area contributed by atoms with Gasteiger partial charge in [0.25, 0.3) is 0 Å². The summed E-state index contributed by atoms with van der Waals surface area (Å²) in [5.74, 6) is -1.50. The van der Waals surface area contributed by atoms with Gasteiger partial charge in [0.05, 0.1) is 19.8 Å². The molecule has 12 heteroatoms. The number of hydrogen-bond acceptors (Lipinski definition) is 10. The molecule has 3 atom stereocenters. The first kappa shape index (κ1) is 68.9. The number of carbonyl (C=O) groups is 3. The first-order valence-corrected chi connectivity index (χ1v) is 30.3. The molecule has 0 aliphatic carbocycles. The first-order chi connectivity index (χ1) is 35.2. The molecular weight excluding hydrogens is 928 g/mol. The topological polar surface area (TPSA) is 155 Å². The molecule has 0 rings (SSSR count). The van der Waals surface area contributed by atoms with Gasteiger partial charge in [-0.15, -0.1) is 0 Å². The van der Waals surface area contributed by atoms with E-state index >= 15 is 0 Å². The summed E-state index contributed by atoms with van der Waals surface area (Å²) in [7, 11) is -4.76. The zero-order valence-electron chi connectivity index (χ0n) is 45.9. The quantitative estimate of drug-likeness (QED) is 0.0197. The van der Waals surface area contributed by atoms with Crippen LogP contribution in [0.5, 0.6) is 0 Å². The van der Waals surface area contributed by atoms with Crippen LogP contribution in [-0.2, 0) is 42.2 Å². The van der Waals surface area contributed by atoms with Gasteiger partial charge in [0.1, 0.15) is 12.7 Å². The minimum atomic E-state index is -4.76. The highest BCUT2D eigenvalue weighted by Crippen LogP contribution is 2.43. The van der Waals surface area contributed by atoms with Crippen LogP contribution in [0.2, 0.25) is 0 Å². The molecule has 0 aromatic heterocycles. The van der Waals surface area contributed by atoms with Gasteiger partial charge in [0, 0.05) is 19.3 Å². The number of esters is 3. The van der Waals surface area contributed by atoms with Crippen molar-refractivity contribution in [2.24, 2.45) is 0 Å². The number of carbonyl (C=O) groups excluding carboxylic acids is 3. The number of allylic oxidation sites excluding steroid dienone is 12. The Bertz CT molecular complexity index is 1490. The Morgan fingerprint density at radius 3 is 1.18 bits per heavy atom. The summed E-state index contributed by atoms with van der Waals surface area (Å²) in [6.07, 6.45) is 60.0. The fourth-order valence-electron chi connectivity index (χ4n) is 7.70. The summed E-state index contributed by atoms with van der Waals surface area (Å²) < 4.78 is 39.5. The van der Waals surface area contributed by atoms with Crippen molar-refractivity contribution in [2.75, 3.05) is 26.4 Å². The smallest absolute Gasteiger partial charge is 0.462 e. The van der Waals surface area contributed by atoms with E-state index in [1.54, 1.807) is 0 Å². The molecule has 0 fully saturated rings. The number of ether oxygens (including phenoxy) is 3. The number of phosphoric acid groups is 1. The van der Waals surface area contributed by atoms with Gasteiger partial charge < -0.3 is 24.2 Å². The van der Waals surface area contributed by atoms with Crippen LogP contribution in [0.3, 0.4) is 0 Å². The summed E-state index contributed by atoms with van der Waals surface area (Å²) in [6.45, 7) is 4.44. The third kappa shape index (κ3) is 51.8. The summed E-state index contributed by atoms with van der Waals surface area (Å²) >= 11 is 0. The third-order valence-corrected chi connectivity index (χ3v) is 13.0. The van der Waals surface area contributed by atoms with E-state index in [0.717, 1.165) is 141 Å². The van der Waals surface area contributed by atoms with Crippen molar-refractivity contribution in [3.8, 4) is 0 Å². The Hall–Kier alpha value is -3.08. The lowest BCUT2D eigenvalue weighted by Crippen LogP contribution is -2.30. The lowest BCUT2D eigenvalue weighted by molar-refractivity contribution is -0.161. The summed E-state index contributed by atoms with van der Waals surface area (Å²) in [6, 6.07) is 0. The van der Waals surface area contributed by atoms with Gasteiger partial charge in [-0.2, -0.15) is 0 Å². The van der Waals surface area contributed by atoms with Crippen LogP contribution in [0, 0.1) is 0 Å². The van der Waals surface area contributed by atoms with Crippen LogP contribution in [-0.4, -0.2) is 66.5 Å². The SMILES string of the molecule is CC/C=C\C/C=C\C/C=C\CCCCCCCCCC(=O)OC(COC(=O)CCCCCCC/C=C\CCCCCCCC)COP(=O)(O)OCC(CO)OC(=O)CCCCCCC/C=C\C/C=C\CCC. The van der Waals surface area contributed by atoms with Crippen molar-refractivity contribution in [3.05, 3.63) is 72.9 Å². The van der Waals surface area contributed by atoms with E-state index in [-0.39, 0.29) is 25.9 Å². The highest BCUT2D eigenvalue weighted by atomic mass is 31.2. The van der Waals surface area contributed by atoms with Crippen molar-refractivity contribution in [1.29, 1.82) is 0 Å². The van der Waals surface area contributed by atoms with Crippen molar-refractivity contribution >= 4 is 25.7 Å². The van der Waals surface area contributed by atoms with E-state index in [1.807, 2.05) is 0 Å². The summed E-state index contributed by atoms with van der Waals surface area (Å²) in [5, 5.41) is 9.80. The second-order valence-corrected chi connectivity index (χ2v) is 20.5. The van der Waals surface area contributed by atoms with Gasteiger partial charge in [-0.1, -0.05) is 203 Å². The third-order valence-electron chi connectivity index (χ3n) is 12.1. The summed E-state index contributed by atoms with van der Waals surface area (Å²) in [4.78, 5) is 48.5. The van der Waals surface area contributed by atoms with Crippen LogP contribution in [0.15, 0.2) is 72.9 Å². The minimum absolute atomic E-state index is 0.152. The molecule has 3 unspecified atom stereocenters. The number of rotatable bonds is 53. The molecule has 0 aromatic carbocycles. The normalized spacial score (nSPS) is 13.9. The standard InChI is InChI=1S/C60H105O11P/c1-4-7-10-13-16-19-22-25-27-28-30-33-36-39-42-45-48-51-60(64)71-57(53-67-58(62)49-46-43-40-37-34-32-29-26-23-20-17-14-11-8-5-2)55-69-72(65,66)68-54-56(52-61)70-59(63)50-47-44-41-38-35-31-24-21-18-15-12-9-6-3/h7,10,12,15-16,19,21,24-27,29,56-57,61H,4-6,8-9,11,13-14,17-18,20,22-23,28,30-55H2,1-3H3,(H,65,66)/b10-7-,15-12-,19-16-,24-21-,27-25-,29-26-. The molecule has 72 heavy (non-hydrogen) atoms. The molecule has 11 nitrogen and oxygen atoms in total. The van der Waals surface area contributed by atoms with E-state index in [1.165, 1.54) is 51.4 Å². The second-order valence-electron chi connectivity index (χ2n) is 19.1. The van der Waals surface area contributed by atoms with Crippen molar-refractivity contribution in [2.45, 2.75) is 264 Å². The van der Waals surface area contributed by atoms with E-state index in [4.69, 9.17) is 23.3 Å². The molecule has 0 heterocycles. The largest absolute Gasteiger partial charge is 0.472 e. The Morgan fingerprint density at radius 2 is 0.750 bits per heavy atom. The molecular formula is C60H105O11P. The zero-order valence-corrected chi connectivity index (χ0v) is 46.8. The minimum Gasteiger partial charge on any atom is -0.462 e. The number of aliphatic hydroxyl groups excluding tert-OH is 1. The van der Waals surface area contributed by atoms with E-state index < -0.39 is 57.8 Å². The van der Waals surface area contributed by atoms with Gasteiger partial charge in [0.2, 0.25) is 0 Å². The molecule has 0 radical (unpaired) electrons. The number of unbranched alkanes of at least 4 members (excludes halogenated alkanes) is 24. The molecule has 0 saturated heterocycles. The number of phosphoric ester groups is 1. The Balaban J connectivity index is 4.76.